The third-order valence-corrected chi connectivity index (χ3v) is 8.41. The van der Waals surface area contributed by atoms with E-state index in [0.29, 0.717) is 28.8 Å². The van der Waals surface area contributed by atoms with Crippen LogP contribution >= 0.6 is 11.8 Å². The Morgan fingerprint density at radius 3 is 2.69 bits per heavy atom. The topological polar surface area (TPSA) is 81.9 Å². The third kappa shape index (κ3) is 3.63. The Morgan fingerprint density at radius 1 is 1.31 bits per heavy atom. The van der Waals surface area contributed by atoms with Gasteiger partial charge in [-0.05, 0) is 64.1 Å². The van der Waals surface area contributed by atoms with Crippen molar-refractivity contribution in [1.82, 2.24) is 25.5 Å². The number of nitrogens with one attached hydrogen (secondary N) is 1. The second-order valence-electron chi connectivity index (χ2n) is 8.99. The summed E-state index contributed by atoms with van der Waals surface area (Å²) < 4.78 is 6.91. The number of thioether (sulfide) groups is 1. The summed E-state index contributed by atoms with van der Waals surface area (Å²) in [5.74, 6) is 1.90. The van der Waals surface area contributed by atoms with Gasteiger partial charge in [-0.15, -0.1) is 5.10 Å². The summed E-state index contributed by atoms with van der Waals surface area (Å²) in [5.41, 5.74) is 1.55. The van der Waals surface area contributed by atoms with Crippen molar-refractivity contribution < 1.29 is 9.53 Å². The SMILES string of the molecule is COc1ccc(Cn2nnnc2SCC(=O)NC2CC3CCC2(C)C3(C)C)cc1. The Kier molecular flexibility index (Phi) is 5.31. The fourth-order valence-corrected chi connectivity index (χ4v) is 5.78. The minimum Gasteiger partial charge on any atom is -0.497 e. The molecule has 8 heteroatoms. The second-order valence-corrected chi connectivity index (χ2v) is 9.93. The van der Waals surface area contributed by atoms with Crippen LogP contribution in [0.25, 0.3) is 0 Å². The summed E-state index contributed by atoms with van der Waals surface area (Å²) in [4.78, 5) is 12.6. The first-order valence-electron chi connectivity index (χ1n) is 10.1. The van der Waals surface area contributed by atoms with Gasteiger partial charge in [-0.25, -0.2) is 4.68 Å². The summed E-state index contributed by atoms with van der Waals surface area (Å²) in [5, 5.41) is 15.9. The summed E-state index contributed by atoms with van der Waals surface area (Å²) in [6.07, 6.45) is 3.57. The molecule has 4 rings (SSSR count). The highest BCUT2D eigenvalue weighted by Crippen LogP contribution is 2.65. The maximum Gasteiger partial charge on any atom is 0.230 e. The highest BCUT2D eigenvalue weighted by molar-refractivity contribution is 7.99. The molecule has 3 atom stereocenters. The molecule has 7 nitrogen and oxygen atoms in total. The number of hydrogen-bond donors (Lipinski definition) is 1. The molecule has 3 unspecified atom stereocenters. The van der Waals surface area contributed by atoms with Crippen molar-refractivity contribution in [3.8, 4) is 5.75 Å². The number of tetrazole rings is 1. The Labute approximate surface area is 176 Å². The van der Waals surface area contributed by atoms with E-state index in [0.717, 1.165) is 17.7 Å². The largest absolute Gasteiger partial charge is 0.497 e. The summed E-state index contributed by atoms with van der Waals surface area (Å²) in [6.45, 7) is 7.61. The molecule has 2 bridgehead atoms. The summed E-state index contributed by atoms with van der Waals surface area (Å²) >= 11 is 1.38. The number of rotatable bonds is 7. The number of aromatic nitrogens is 4. The molecule has 29 heavy (non-hydrogen) atoms. The van der Waals surface area contributed by atoms with Gasteiger partial charge in [0, 0.05) is 6.04 Å². The average molecular weight is 416 g/mol. The molecule has 1 aromatic carbocycles. The van der Waals surface area contributed by atoms with E-state index in [1.54, 1.807) is 11.8 Å². The first-order chi connectivity index (χ1) is 13.8. The number of amides is 1. The zero-order valence-electron chi connectivity index (χ0n) is 17.5. The van der Waals surface area contributed by atoms with E-state index in [-0.39, 0.29) is 17.4 Å². The molecule has 2 saturated carbocycles. The molecule has 0 radical (unpaired) electrons. The van der Waals surface area contributed by atoms with Gasteiger partial charge in [0.2, 0.25) is 11.1 Å². The number of nitrogens with zero attached hydrogens (tertiary/aromatic N) is 4. The molecule has 0 saturated heterocycles. The van der Waals surface area contributed by atoms with Gasteiger partial charge >= 0.3 is 0 Å². The molecule has 1 aromatic heterocycles. The van der Waals surface area contributed by atoms with Crippen LogP contribution < -0.4 is 10.1 Å². The Bertz CT molecular complexity index is 881. The van der Waals surface area contributed by atoms with Crippen LogP contribution in [0.2, 0.25) is 0 Å². The van der Waals surface area contributed by atoms with E-state index in [9.17, 15) is 4.79 Å². The molecule has 0 spiro atoms. The van der Waals surface area contributed by atoms with Crippen LogP contribution in [0.4, 0.5) is 0 Å². The van der Waals surface area contributed by atoms with Crippen LogP contribution in [-0.4, -0.2) is 45.0 Å². The van der Waals surface area contributed by atoms with Crippen molar-refractivity contribution in [3.63, 3.8) is 0 Å². The predicted molar refractivity (Wildman–Crippen MR) is 112 cm³/mol. The summed E-state index contributed by atoms with van der Waals surface area (Å²) in [7, 11) is 1.65. The Hall–Kier alpha value is -2.09. The summed E-state index contributed by atoms with van der Waals surface area (Å²) in [6, 6.07) is 8.06. The van der Waals surface area contributed by atoms with Crippen LogP contribution in [0.1, 0.15) is 45.6 Å². The molecule has 1 N–H and O–H groups in total. The quantitative estimate of drug-likeness (QED) is 0.700. The van der Waals surface area contributed by atoms with Crippen molar-refractivity contribution in [1.29, 1.82) is 0 Å². The van der Waals surface area contributed by atoms with Gasteiger partial charge in [0.1, 0.15) is 5.75 Å². The smallest absolute Gasteiger partial charge is 0.230 e. The lowest BCUT2D eigenvalue weighted by Crippen LogP contribution is -2.47. The molecule has 2 aliphatic carbocycles. The van der Waals surface area contributed by atoms with Gasteiger partial charge < -0.3 is 10.1 Å². The molecular formula is C21H29N5O2S. The lowest BCUT2D eigenvalue weighted by atomic mass is 9.69. The molecule has 2 aromatic rings. The molecule has 156 valence electrons. The van der Waals surface area contributed by atoms with Gasteiger partial charge in [-0.3, -0.25) is 4.79 Å². The lowest BCUT2D eigenvalue weighted by molar-refractivity contribution is -0.120. The van der Waals surface area contributed by atoms with Crippen LogP contribution in [0.5, 0.6) is 5.75 Å². The number of benzene rings is 1. The van der Waals surface area contributed by atoms with E-state index >= 15 is 0 Å². The third-order valence-electron chi connectivity index (χ3n) is 7.45. The molecule has 0 aliphatic heterocycles. The van der Waals surface area contributed by atoms with E-state index in [1.807, 2.05) is 24.3 Å². The lowest BCUT2D eigenvalue weighted by Gasteiger charge is -2.39. The van der Waals surface area contributed by atoms with Crippen molar-refractivity contribution in [2.24, 2.45) is 16.7 Å². The van der Waals surface area contributed by atoms with Crippen molar-refractivity contribution >= 4 is 17.7 Å². The molecule has 2 aliphatic rings. The van der Waals surface area contributed by atoms with Gasteiger partial charge in [0.15, 0.2) is 0 Å². The highest BCUT2D eigenvalue weighted by Gasteiger charge is 2.61. The molecule has 2 fully saturated rings. The normalized spacial score (nSPS) is 27.2. The monoisotopic (exact) mass is 415 g/mol. The van der Waals surface area contributed by atoms with E-state index in [1.165, 1.54) is 24.6 Å². The number of carbonyl (C=O) groups excluding carboxylic acids is 1. The number of ether oxygens (including phenoxy) is 1. The van der Waals surface area contributed by atoms with Crippen molar-refractivity contribution in [3.05, 3.63) is 29.8 Å². The van der Waals surface area contributed by atoms with Crippen LogP contribution in [0, 0.1) is 16.7 Å². The number of methoxy groups -OCH3 is 1. The van der Waals surface area contributed by atoms with Crippen molar-refractivity contribution in [2.45, 2.75) is 57.8 Å². The number of carbonyl (C=O) groups is 1. The fraction of sp³-hybridized carbons (Fsp3) is 0.619. The van der Waals surface area contributed by atoms with Crippen LogP contribution in [-0.2, 0) is 11.3 Å². The maximum absolute atomic E-state index is 12.6. The zero-order valence-corrected chi connectivity index (χ0v) is 18.3. The van der Waals surface area contributed by atoms with Crippen LogP contribution in [0.3, 0.4) is 0 Å². The van der Waals surface area contributed by atoms with Crippen LogP contribution in [0.15, 0.2) is 29.4 Å². The standard InChI is InChI=1S/C21H29N5O2S/c1-20(2)15-9-10-21(20,3)17(11-15)22-18(27)13-29-19-23-24-25-26(19)12-14-5-7-16(28-4)8-6-14/h5-8,15,17H,9-13H2,1-4H3,(H,22,27). The Balaban J connectivity index is 1.33. The fourth-order valence-electron chi connectivity index (χ4n) is 5.09. The predicted octanol–water partition coefficient (Wildman–Crippen LogP) is 3.15. The number of hydrogen-bond acceptors (Lipinski definition) is 6. The van der Waals surface area contributed by atoms with E-state index in [2.05, 4.69) is 41.6 Å². The van der Waals surface area contributed by atoms with E-state index < -0.39 is 0 Å². The zero-order chi connectivity index (χ0) is 20.6. The molecular weight excluding hydrogens is 386 g/mol. The first-order valence-corrected chi connectivity index (χ1v) is 11.1. The van der Waals surface area contributed by atoms with Crippen molar-refractivity contribution in [2.75, 3.05) is 12.9 Å². The van der Waals surface area contributed by atoms with Gasteiger partial charge in [-0.1, -0.05) is 44.7 Å². The Morgan fingerprint density at radius 2 is 2.07 bits per heavy atom. The van der Waals surface area contributed by atoms with Gasteiger partial charge in [0.05, 0.1) is 19.4 Å². The van der Waals surface area contributed by atoms with Gasteiger partial charge in [0.25, 0.3) is 0 Å². The molecule has 1 heterocycles. The number of fused-ring (bicyclic) bond motifs is 2. The minimum atomic E-state index is 0.0589. The average Bonchev–Trinajstić information content (AvgIpc) is 3.29. The minimum absolute atomic E-state index is 0.0589. The van der Waals surface area contributed by atoms with E-state index in [4.69, 9.17) is 4.74 Å². The molecule has 1 amide bonds. The van der Waals surface area contributed by atoms with Gasteiger partial charge in [-0.2, -0.15) is 0 Å². The highest BCUT2D eigenvalue weighted by atomic mass is 32.2. The first kappa shape index (κ1) is 20.2. The second kappa shape index (κ2) is 7.63. The maximum atomic E-state index is 12.6.